The van der Waals surface area contributed by atoms with Crippen molar-refractivity contribution in [2.45, 2.75) is 13.0 Å². The van der Waals surface area contributed by atoms with Crippen LogP contribution >= 0.6 is 34.5 Å². The monoisotopic (exact) mass is 580 g/mol. The predicted octanol–water partition coefficient (Wildman–Crippen LogP) is 5.54. The first-order valence-electron chi connectivity index (χ1n) is 11.8. The molecule has 10 heteroatoms. The van der Waals surface area contributed by atoms with Crippen LogP contribution in [-0.4, -0.2) is 24.3 Å². The summed E-state index contributed by atoms with van der Waals surface area (Å²) < 4.78 is 18.5. The SMILES string of the molecule is C=CCOC(=O)C1=C(C)N=c2s/c(=C\c3ccc(-c4ccc(Cl)c(Cl)c4)o3)c(=O)n2C1c1ccc(OC)cc1. The lowest BCUT2D eigenvalue weighted by Crippen LogP contribution is -2.39. The first-order chi connectivity index (χ1) is 18.8. The van der Waals surface area contributed by atoms with Gasteiger partial charge in [-0.3, -0.25) is 9.36 Å². The highest BCUT2D eigenvalue weighted by Gasteiger charge is 2.33. The van der Waals surface area contributed by atoms with Crippen LogP contribution in [0.15, 0.2) is 92.7 Å². The first kappa shape index (κ1) is 26.7. The number of halogens is 2. The number of allylic oxidation sites excluding steroid dienone is 1. The molecule has 39 heavy (non-hydrogen) atoms. The van der Waals surface area contributed by atoms with Crippen molar-refractivity contribution in [3.05, 3.63) is 120 Å². The van der Waals surface area contributed by atoms with Crippen LogP contribution in [0.5, 0.6) is 5.75 Å². The Morgan fingerprint density at radius 2 is 1.92 bits per heavy atom. The minimum atomic E-state index is -0.741. The average Bonchev–Trinajstić information content (AvgIpc) is 3.52. The van der Waals surface area contributed by atoms with E-state index in [9.17, 15) is 9.59 Å². The van der Waals surface area contributed by atoms with Gasteiger partial charge in [-0.1, -0.05) is 59.3 Å². The van der Waals surface area contributed by atoms with Gasteiger partial charge in [0.05, 0.1) is 39.0 Å². The molecule has 0 spiro atoms. The normalized spacial score (nSPS) is 15.1. The molecule has 1 atom stereocenters. The highest BCUT2D eigenvalue weighted by Crippen LogP contribution is 2.32. The lowest BCUT2D eigenvalue weighted by Gasteiger charge is -2.24. The van der Waals surface area contributed by atoms with E-state index in [1.807, 2.05) is 12.1 Å². The van der Waals surface area contributed by atoms with Gasteiger partial charge in [-0.2, -0.15) is 0 Å². The Labute approximate surface area is 237 Å². The standard InChI is InChI=1S/C29H22Cl2N2O5S/c1-4-13-37-28(35)25-16(2)32-29-33(26(25)17-5-8-19(36-3)9-6-17)27(34)24(39-29)15-20-10-12-23(38-20)18-7-11-21(30)22(31)14-18/h4-12,14-15,26H,1,13H2,2-3H3/b24-15-. The van der Waals surface area contributed by atoms with E-state index in [1.165, 1.54) is 22.0 Å². The van der Waals surface area contributed by atoms with Crippen molar-refractivity contribution < 1.29 is 18.7 Å². The Balaban J connectivity index is 1.61. The second-order valence-electron chi connectivity index (χ2n) is 8.57. The van der Waals surface area contributed by atoms with Gasteiger partial charge >= 0.3 is 5.97 Å². The summed E-state index contributed by atoms with van der Waals surface area (Å²) in [7, 11) is 1.57. The second kappa shape index (κ2) is 11.1. The molecule has 4 aromatic rings. The van der Waals surface area contributed by atoms with E-state index in [-0.39, 0.29) is 17.7 Å². The van der Waals surface area contributed by atoms with Crippen LogP contribution in [0, 0.1) is 0 Å². The summed E-state index contributed by atoms with van der Waals surface area (Å²) >= 11 is 13.4. The molecule has 5 rings (SSSR count). The van der Waals surface area contributed by atoms with Gasteiger partial charge in [0.1, 0.15) is 23.9 Å². The highest BCUT2D eigenvalue weighted by atomic mass is 35.5. The number of carbonyl (C=O) groups is 1. The quantitative estimate of drug-likeness (QED) is 0.212. The zero-order valence-corrected chi connectivity index (χ0v) is 23.3. The number of thiazole rings is 1. The van der Waals surface area contributed by atoms with Gasteiger partial charge in [-0.25, -0.2) is 9.79 Å². The van der Waals surface area contributed by atoms with Crippen molar-refractivity contribution in [2.75, 3.05) is 13.7 Å². The number of hydrogen-bond acceptors (Lipinski definition) is 7. The van der Waals surface area contributed by atoms with Crippen molar-refractivity contribution in [1.29, 1.82) is 0 Å². The van der Waals surface area contributed by atoms with Crippen molar-refractivity contribution in [2.24, 2.45) is 4.99 Å². The number of furan rings is 1. The van der Waals surface area contributed by atoms with E-state index < -0.39 is 12.0 Å². The molecule has 1 unspecified atom stereocenters. The first-order valence-corrected chi connectivity index (χ1v) is 13.4. The maximum atomic E-state index is 13.8. The minimum absolute atomic E-state index is 0.0367. The number of esters is 1. The molecule has 0 fully saturated rings. The smallest absolute Gasteiger partial charge is 0.338 e. The van der Waals surface area contributed by atoms with Gasteiger partial charge in [-0.15, -0.1) is 0 Å². The van der Waals surface area contributed by atoms with E-state index in [4.69, 9.17) is 37.1 Å². The fourth-order valence-corrected chi connectivity index (χ4v) is 5.59. The molecule has 198 valence electrons. The maximum absolute atomic E-state index is 13.8. The summed E-state index contributed by atoms with van der Waals surface area (Å²) in [6.07, 6.45) is 3.14. The number of ether oxygens (including phenoxy) is 2. The summed E-state index contributed by atoms with van der Waals surface area (Å²) in [5, 5.41) is 0.861. The number of benzene rings is 2. The molecular weight excluding hydrogens is 559 g/mol. The molecule has 0 aliphatic carbocycles. The Morgan fingerprint density at radius 3 is 2.62 bits per heavy atom. The summed E-state index contributed by atoms with van der Waals surface area (Å²) in [5.41, 5.74) is 1.90. The van der Waals surface area contributed by atoms with Crippen LogP contribution in [0.2, 0.25) is 10.0 Å². The van der Waals surface area contributed by atoms with E-state index >= 15 is 0 Å². The van der Waals surface area contributed by atoms with Crippen molar-refractivity contribution in [3.8, 4) is 17.1 Å². The Bertz CT molecular complexity index is 1800. The fraction of sp³-hybridized carbons (Fsp3) is 0.138. The zero-order valence-electron chi connectivity index (χ0n) is 20.9. The summed E-state index contributed by atoms with van der Waals surface area (Å²) in [6, 6.07) is 15.2. The molecule has 0 bridgehead atoms. The average molecular weight is 581 g/mol. The number of aromatic nitrogens is 1. The number of nitrogens with zero attached hydrogens (tertiary/aromatic N) is 2. The van der Waals surface area contributed by atoms with Gasteiger partial charge in [0.15, 0.2) is 4.80 Å². The second-order valence-corrected chi connectivity index (χ2v) is 10.4. The zero-order chi connectivity index (χ0) is 27.7. The lowest BCUT2D eigenvalue weighted by atomic mass is 9.96. The minimum Gasteiger partial charge on any atom is -0.497 e. The van der Waals surface area contributed by atoms with E-state index in [0.717, 1.165) is 5.56 Å². The van der Waals surface area contributed by atoms with Gasteiger partial charge < -0.3 is 13.9 Å². The number of fused-ring (bicyclic) bond motifs is 1. The van der Waals surface area contributed by atoms with Crippen LogP contribution < -0.4 is 19.6 Å². The highest BCUT2D eigenvalue weighted by molar-refractivity contribution is 7.07. The largest absolute Gasteiger partial charge is 0.497 e. The van der Waals surface area contributed by atoms with Crippen LogP contribution in [-0.2, 0) is 9.53 Å². The van der Waals surface area contributed by atoms with Gasteiger partial charge in [-0.05, 0) is 55.0 Å². The van der Waals surface area contributed by atoms with E-state index in [0.29, 0.717) is 47.9 Å². The Kier molecular flexibility index (Phi) is 7.61. The molecular formula is C29H22Cl2N2O5S. The van der Waals surface area contributed by atoms with Crippen LogP contribution in [0.1, 0.15) is 24.3 Å². The molecule has 0 amide bonds. The Morgan fingerprint density at radius 1 is 1.15 bits per heavy atom. The van der Waals surface area contributed by atoms with Crippen LogP contribution in [0.3, 0.4) is 0 Å². The maximum Gasteiger partial charge on any atom is 0.338 e. The third-order valence-electron chi connectivity index (χ3n) is 6.11. The molecule has 1 aliphatic heterocycles. The molecule has 3 heterocycles. The summed E-state index contributed by atoms with van der Waals surface area (Å²) in [5.74, 6) is 1.14. The van der Waals surface area contributed by atoms with E-state index in [2.05, 4.69) is 11.6 Å². The summed E-state index contributed by atoms with van der Waals surface area (Å²) in [4.78, 5) is 31.9. The molecule has 2 aromatic carbocycles. The third-order valence-corrected chi connectivity index (χ3v) is 7.83. The molecule has 0 saturated carbocycles. The van der Waals surface area contributed by atoms with E-state index in [1.54, 1.807) is 62.6 Å². The van der Waals surface area contributed by atoms with Crippen LogP contribution in [0.25, 0.3) is 17.4 Å². The fourth-order valence-electron chi connectivity index (χ4n) is 4.26. The van der Waals surface area contributed by atoms with Crippen molar-refractivity contribution in [1.82, 2.24) is 4.57 Å². The molecule has 7 nitrogen and oxygen atoms in total. The number of hydrogen-bond donors (Lipinski definition) is 0. The van der Waals surface area contributed by atoms with Gasteiger partial charge in [0.25, 0.3) is 5.56 Å². The topological polar surface area (TPSA) is 83.0 Å². The lowest BCUT2D eigenvalue weighted by molar-refractivity contribution is -0.138. The molecule has 0 radical (unpaired) electrons. The summed E-state index contributed by atoms with van der Waals surface area (Å²) in [6.45, 7) is 5.37. The number of carbonyl (C=O) groups excluding carboxylic acids is 1. The van der Waals surface area contributed by atoms with Gasteiger partial charge in [0, 0.05) is 11.6 Å². The molecule has 2 aromatic heterocycles. The van der Waals surface area contributed by atoms with Crippen molar-refractivity contribution in [3.63, 3.8) is 0 Å². The third kappa shape index (κ3) is 5.23. The number of rotatable bonds is 7. The van der Waals surface area contributed by atoms with Crippen molar-refractivity contribution >= 4 is 46.6 Å². The number of methoxy groups -OCH3 is 1. The predicted molar refractivity (Wildman–Crippen MR) is 152 cm³/mol. The van der Waals surface area contributed by atoms with Gasteiger partial charge in [0.2, 0.25) is 0 Å². The molecule has 0 saturated heterocycles. The molecule has 1 aliphatic rings. The Hall–Kier alpha value is -3.85. The van der Waals surface area contributed by atoms with Crippen LogP contribution in [0.4, 0.5) is 0 Å². The molecule has 0 N–H and O–H groups in total.